The summed E-state index contributed by atoms with van der Waals surface area (Å²) in [5.41, 5.74) is 3.81. The average Bonchev–Trinajstić information content (AvgIpc) is 3.13. The predicted octanol–water partition coefficient (Wildman–Crippen LogP) is -3.98. The van der Waals surface area contributed by atoms with Gasteiger partial charge in [-0.2, -0.15) is 0 Å². The minimum atomic E-state index is -1.75. The van der Waals surface area contributed by atoms with Crippen LogP contribution >= 0.6 is 0 Å². The summed E-state index contributed by atoms with van der Waals surface area (Å²) >= 11 is 0. The Balaban J connectivity index is 0. The number of nitrogens with zero attached hydrogens (tertiary/aromatic N) is 5. The van der Waals surface area contributed by atoms with Gasteiger partial charge in [0.2, 0.25) is 0 Å². The topological polar surface area (TPSA) is 413 Å². The highest BCUT2D eigenvalue weighted by Crippen LogP contribution is 2.18. The average molecular weight is 848 g/mol. The number of rotatable bonds is 0. The normalized spacial score (nSPS) is 16.9. The Morgan fingerprint density at radius 1 is 0.458 bits per heavy atom. The molecule has 59 heavy (non-hydrogen) atoms. The summed E-state index contributed by atoms with van der Waals surface area (Å²) in [7, 11) is 0. The van der Waals surface area contributed by atoms with Crippen molar-refractivity contribution >= 4 is 0 Å². The lowest BCUT2D eigenvalue weighted by Crippen LogP contribution is -3.13. The van der Waals surface area contributed by atoms with E-state index in [1.54, 1.807) is 0 Å². The van der Waals surface area contributed by atoms with E-state index in [1.165, 1.54) is 21.6 Å². The maximum absolute atomic E-state index is 8.25. The zero-order valence-corrected chi connectivity index (χ0v) is 32.1. The molecule has 3 heterocycles. The van der Waals surface area contributed by atoms with Gasteiger partial charge in [0.15, 0.2) is 0 Å². The van der Waals surface area contributed by atoms with Crippen LogP contribution < -0.4 is 35.1 Å². The molecule has 0 aromatic heterocycles. The third-order valence-electron chi connectivity index (χ3n) is 8.10. The van der Waals surface area contributed by atoms with Crippen LogP contribution in [-0.4, -0.2) is 115 Å². The quantitative estimate of drug-likeness (QED) is 0.124. The summed E-state index contributed by atoms with van der Waals surface area (Å²) in [4.78, 5) is 37.0. The van der Waals surface area contributed by atoms with Crippen molar-refractivity contribution < 1.29 is 66.4 Å². The molecular weight excluding hydrogens is 794 g/mol. The van der Waals surface area contributed by atoms with Crippen molar-refractivity contribution in [3.63, 3.8) is 0 Å². The first-order chi connectivity index (χ1) is 27.3. The predicted molar refractivity (Wildman–Crippen MR) is 208 cm³/mol. The molecule has 3 aliphatic heterocycles. The van der Waals surface area contributed by atoms with Crippen LogP contribution in [0.25, 0.3) is 0 Å². The Hall–Kier alpha value is -6.42. The lowest BCUT2D eigenvalue weighted by Gasteiger charge is -2.22. The number of nitrogens with one attached hydrogen (secondary N) is 1. The van der Waals surface area contributed by atoms with Gasteiger partial charge in [-0.25, -0.2) is 0 Å². The van der Waals surface area contributed by atoms with Crippen LogP contribution in [0.15, 0.2) is 72.8 Å². The Morgan fingerprint density at radius 3 is 0.949 bits per heavy atom. The molecule has 0 aliphatic carbocycles. The summed E-state index contributed by atoms with van der Waals surface area (Å²) in [6, 6.07) is 25.5. The Labute approximate surface area is 337 Å². The van der Waals surface area contributed by atoms with Crippen LogP contribution in [0, 0.1) is 61.3 Å². The van der Waals surface area contributed by atoms with E-state index in [0.29, 0.717) is 19.8 Å². The lowest BCUT2D eigenvalue weighted by molar-refractivity contribution is -0.900. The van der Waals surface area contributed by atoms with Gasteiger partial charge < -0.3 is 107 Å². The molecule has 0 amide bonds. The van der Waals surface area contributed by atoms with Crippen molar-refractivity contribution in [3.8, 4) is 17.2 Å². The second-order valence-electron chi connectivity index (χ2n) is 11.9. The number of benzene rings is 3. The fourth-order valence-electron chi connectivity index (χ4n) is 5.66. The Kier molecular flexibility index (Phi) is 31.2. The molecule has 0 fully saturated rings. The number of nitrogens with two attached hydrogens (primary N) is 3. The number of fused-ring (bicyclic) bond motifs is 15. The summed E-state index contributed by atoms with van der Waals surface area (Å²) in [5, 5.41) is 66.3. The number of para-hydroxylation sites is 3. The van der Waals surface area contributed by atoms with Gasteiger partial charge in [0.05, 0.1) is 40.0 Å². The summed E-state index contributed by atoms with van der Waals surface area (Å²) in [6.45, 7) is 13.9. The molecule has 0 saturated carbocycles. The molecule has 6 rings (SSSR count). The molecule has 0 spiro atoms. The van der Waals surface area contributed by atoms with E-state index in [0.717, 1.165) is 95.8 Å². The fourth-order valence-corrected chi connectivity index (χ4v) is 5.66. The SMILES string of the molecule is O.O.O=[N+]([O-])[O-].O=[N+]([O-])[O-].O=[N+]([O-])[O-].O=[N+]([O-])[O-].c1ccc2c(c1)C[NH2+]CCN1CC[NH2+]Cc3ccccc3OCC[NH+](CCO2)CCOc2ccccc2C[NH2+]CC1. The molecular formula is C33H53N9O17. The fraction of sp³-hybridized carbons (Fsp3) is 0.455. The minimum Gasteiger partial charge on any atom is -0.487 e. The molecule has 332 valence electrons. The maximum atomic E-state index is 8.25. The van der Waals surface area contributed by atoms with E-state index < -0.39 is 20.3 Å². The highest BCUT2D eigenvalue weighted by molar-refractivity contribution is 5.34. The Bertz CT molecular complexity index is 1400. The van der Waals surface area contributed by atoms with Crippen molar-refractivity contribution in [2.75, 3.05) is 78.7 Å². The third kappa shape index (κ3) is 29.5. The largest absolute Gasteiger partial charge is 0.487 e. The molecule has 0 radical (unpaired) electrons. The summed E-state index contributed by atoms with van der Waals surface area (Å²) in [6.07, 6.45) is 0. The lowest BCUT2D eigenvalue weighted by atomic mass is 10.2. The zero-order chi connectivity index (χ0) is 42.3. The van der Waals surface area contributed by atoms with E-state index in [1.807, 2.05) is 0 Å². The van der Waals surface area contributed by atoms with E-state index in [9.17, 15) is 0 Å². The monoisotopic (exact) mass is 847 g/mol. The summed E-state index contributed by atoms with van der Waals surface area (Å²) < 4.78 is 19.1. The van der Waals surface area contributed by atoms with Gasteiger partial charge in [0.25, 0.3) is 0 Å². The van der Waals surface area contributed by atoms with Crippen molar-refractivity contribution in [2.24, 2.45) is 0 Å². The molecule has 26 heteroatoms. The first-order valence-corrected chi connectivity index (χ1v) is 17.7. The van der Waals surface area contributed by atoms with Crippen molar-refractivity contribution in [1.82, 2.24) is 4.90 Å². The minimum absolute atomic E-state index is 0. The summed E-state index contributed by atoms with van der Waals surface area (Å²) in [5.74, 6) is 3.01. The molecule has 0 atom stereocenters. The molecule has 3 aromatic carbocycles. The highest BCUT2D eigenvalue weighted by atomic mass is 16.9. The third-order valence-corrected chi connectivity index (χ3v) is 8.10. The van der Waals surface area contributed by atoms with Crippen LogP contribution in [-0.2, 0) is 19.6 Å². The van der Waals surface area contributed by atoms with E-state index >= 15 is 0 Å². The van der Waals surface area contributed by atoms with Crippen LogP contribution in [0.2, 0.25) is 0 Å². The molecule has 0 unspecified atom stereocenters. The van der Waals surface area contributed by atoms with Crippen LogP contribution in [0.3, 0.4) is 0 Å². The number of hydrogen-bond donors (Lipinski definition) is 4. The molecule has 2 bridgehead atoms. The second-order valence-corrected chi connectivity index (χ2v) is 11.9. The van der Waals surface area contributed by atoms with Crippen LogP contribution in [0.4, 0.5) is 0 Å². The van der Waals surface area contributed by atoms with Gasteiger partial charge in [0.1, 0.15) is 76.3 Å². The van der Waals surface area contributed by atoms with Gasteiger partial charge in [-0.3, -0.25) is 4.90 Å². The number of quaternary nitrogens is 4. The standard InChI is InChI=1S/C33H45N5O3.4NO3.2H2O/c1-4-10-31-28(7-1)25-34-13-16-37-17-14-35-26-29-8-2-5-11-32(29)40-23-20-38(19-22-39-31)21-24-41-33-12-6-3-9-30(33)27-36-15-18-37;4*2-1(3)4;;/h1-12,34-36H,13-27H2;;;;;2*1H2/q;4*-1;;/p+4. The second kappa shape index (κ2) is 33.7. The van der Waals surface area contributed by atoms with Crippen LogP contribution in [0.5, 0.6) is 17.2 Å². The highest BCUT2D eigenvalue weighted by Gasteiger charge is 2.16. The van der Waals surface area contributed by atoms with E-state index in [2.05, 4.69) is 93.6 Å². The number of ether oxygens (including phenoxy) is 3. The maximum Gasteiger partial charge on any atom is 0.137 e. The Morgan fingerprint density at radius 2 is 0.695 bits per heavy atom. The first kappa shape index (κ1) is 54.7. The zero-order valence-electron chi connectivity index (χ0n) is 32.1. The molecule has 11 N–H and O–H groups in total. The van der Waals surface area contributed by atoms with Crippen molar-refractivity contribution in [3.05, 3.63) is 151 Å². The first-order valence-electron chi connectivity index (χ1n) is 17.7. The van der Waals surface area contributed by atoms with Gasteiger partial charge in [-0.15, -0.1) is 0 Å². The van der Waals surface area contributed by atoms with Gasteiger partial charge >= 0.3 is 0 Å². The van der Waals surface area contributed by atoms with E-state index in [-0.39, 0.29) is 11.0 Å². The number of hydrogen-bond acceptors (Lipinski definition) is 16. The van der Waals surface area contributed by atoms with Gasteiger partial charge in [-0.05, 0) is 36.4 Å². The van der Waals surface area contributed by atoms with Gasteiger partial charge in [-0.1, -0.05) is 36.4 Å². The molecule has 3 aliphatic rings. The molecule has 26 nitrogen and oxygen atoms in total. The van der Waals surface area contributed by atoms with Crippen molar-refractivity contribution in [1.29, 1.82) is 0 Å². The van der Waals surface area contributed by atoms with Crippen molar-refractivity contribution in [2.45, 2.75) is 19.6 Å². The molecule has 0 saturated heterocycles. The molecule has 3 aromatic rings. The van der Waals surface area contributed by atoms with Gasteiger partial charge in [0, 0.05) is 36.3 Å². The van der Waals surface area contributed by atoms with Crippen LogP contribution in [0.1, 0.15) is 16.7 Å². The smallest absolute Gasteiger partial charge is 0.137 e. The van der Waals surface area contributed by atoms with E-state index in [4.69, 9.17) is 75.5 Å².